The number of ketones is 1. The van der Waals surface area contributed by atoms with Crippen molar-refractivity contribution < 1.29 is 9.90 Å². The van der Waals surface area contributed by atoms with E-state index >= 15 is 0 Å². The fraction of sp³-hybridized carbons (Fsp3) is 0.381. The molecule has 0 spiro atoms. The van der Waals surface area contributed by atoms with Crippen LogP contribution in [0.1, 0.15) is 40.7 Å². The summed E-state index contributed by atoms with van der Waals surface area (Å²) in [5, 5.41) is 10.5. The molecule has 0 amide bonds. The lowest BCUT2D eigenvalue weighted by Gasteiger charge is -2.45. The predicted molar refractivity (Wildman–Crippen MR) is 90.5 cm³/mol. The molecule has 0 aromatic heterocycles. The first-order valence-corrected chi connectivity index (χ1v) is 8.55. The monoisotopic (exact) mass is 306 g/mol. The summed E-state index contributed by atoms with van der Waals surface area (Å²) in [7, 11) is 0. The Morgan fingerprint density at radius 1 is 1.00 bits per heavy atom. The normalized spacial score (nSPS) is 29.2. The first-order valence-electron chi connectivity index (χ1n) is 8.55. The molecule has 2 aromatic rings. The van der Waals surface area contributed by atoms with E-state index in [0.717, 1.165) is 36.8 Å². The van der Waals surface area contributed by atoms with Crippen LogP contribution in [0.5, 0.6) is 0 Å². The highest BCUT2D eigenvalue weighted by molar-refractivity contribution is 6.01. The van der Waals surface area contributed by atoms with Crippen molar-refractivity contribution in [3.63, 3.8) is 0 Å². The van der Waals surface area contributed by atoms with Crippen LogP contribution in [0.2, 0.25) is 0 Å². The van der Waals surface area contributed by atoms with E-state index in [1.165, 1.54) is 5.56 Å². The van der Waals surface area contributed by atoms with Gasteiger partial charge in [0.05, 0.1) is 6.61 Å². The summed E-state index contributed by atoms with van der Waals surface area (Å²) in [5.41, 5.74) is 2.80. The molecule has 4 rings (SSSR count). The van der Waals surface area contributed by atoms with Gasteiger partial charge in [0.25, 0.3) is 0 Å². The van der Waals surface area contributed by atoms with Crippen molar-refractivity contribution in [1.29, 1.82) is 0 Å². The number of benzene rings is 2. The van der Waals surface area contributed by atoms with Crippen LogP contribution < -0.4 is 0 Å². The van der Waals surface area contributed by atoms with E-state index in [1.807, 2.05) is 36.4 Å². The van der Waals surface area contributed by atoms with Crippen LogP contribution in [0.4, 0.5) is 0 Å². The topological polar surface area (TPSA) is 37.3 Å². The van der Waals surface area contributed by atoms with E-state index in [4.69, 9.17) is 0 Å². The predicted octanol–water partition coefficient (Wildman–Crippen LogP) is 3.77. The number of fused-ring (bicyclic) bond motifs is 2. The lowest BCUT2D eigenvalue weighted by molar-refractivity contribution is 0.0669. The largest absolute Gasteiger partial charge is 0.395 e. The minimum absolute atomic E-state index is 0.0840. The Balaban J connectivity index is 1.88. The summed E-state index contributed by atoms with van der Waals surface area (Å²) < 4.78 is 0. The van der Waals surface area contributed by atoms with E-state index in [2.05, 4.69) is 18.2 Å². The summed E-state index contributed by atoms with van der Waals surface area (Å²) in [6.45, 7) is 0.105. The zero-order chi connectivity index (χ0) is 15.9. The quantitative estimate of drug-likeness (QED) is 0.937. The Hall–Kier alpha value is -1.93. The molecule has 118 valence electrons. The zero-order valence-electron chi connectivity index (χ0n) is 13.2. The molecule has 1 fully saturated rings. The third kappa shape index (κ3) is 2.16. The maximum absolute atomic E-state index is 12.9. The van der Waals surface area contributed by atoms with E-state index in [-0.39, 0.29) is 23.9 Å². The SMILES string of the molecule is O=C1c2ccccc2[C@](CO)(Cc2ccccc2)[C@H]2CCC[C@@H]12. The lowest BCUT2D eigenvalue weighted by Crippen LogP contribution is -2.49. The van der Waals surface area contributed by atoms with Crippen molar-refractivity contribution >= 4 is 5.78 Å². The standard InChI is InChI=1S/C21H22O2/c22-14-21(13-15-7-2-1-3-8-15)18-11-5-4-9-16(18)20(23)17-10-6-12-19(17)21/h1-5,7-9,11,17,19,22H,6,10,12-14H2/t17-,19+,21-/m1/s1. The number of aliphatic hydroxyl groups is 1. The number of carbonyl (C=O) groups is 1. The first kappa shape index (κ1) is 14.6. The van der Waals surface area contributed by atoms with Gasteiger partial charge in [0, 0.05) is 16.9 Å². The molecular formula is C21H22O2. The number of hydrogen-bond donors (Lipinski definition) is 1. The summed E-state index contributed by atoms with van der Waals surface area (Å²) >= 11 is 0. The van der Waals surface area contributed by atoms with Gasteiger partial charge in [-0.1, -0.05) is 61.0 Å². The van der Waals surface area contributed by atoms with Gasteiger partial charge in [0.1, 0.15) is 0 Å². The zero-order valence-corrected chi connectivity index (χ0v) is 13.2. The fourth-order valence-corrected chi connectivity index (χ4v) is 4.91. The molecular weight excluding hydrogens is 284 g/mol. The summed E-state index contributed by atoms with van der Waals surface area (Å²) in [5.74, 6) is 0.635. The molecule has 3 atom stereocenters. The number of carbonyl (C=O) groups excluding carboxylic acids is 1. The number of Topliss-reactive ketones (excluding diaryl/α,β-unsaturated/α-hetero) is 1. The molecule has 0 aliphatic heterocycles. The summed E-state index contributed by atoms with van der Waals surface area (Å²) in [4.78, 5) is 12.9. The van der Waals surface area contributed by atoms with Crippen molar-refractivity contribution in [1.82, 2.24) is 0 Å². The van der Waals surface area contributed by atoms with Crippen molar-refractivity contribution in [3.8, 4) is 0 Å². The van der Waals surface area contributed by atoms with Crippen LogP contribution in [0, 0.1) is 11.8 Å². The maximum Gasteiger partial charge on any atom is 0.166 e. The Labute approximate surface area is 137 Å². The lowest BCUT2D eigenvalue weighted by atomic mass is 9.58. The van der Waals surface area contributed by atoms with Crippen LogP contribution in [0.25, 0.3) is 0 Å². The Bertz CT molecular complexity index is 722. The molecule has 1 saturated carbocycles. The molecule has 0 radical (unpaired) electrons. The Morgan fingerprint density at radius 3 is 2.52 bits per heavy atom. The smallest absolute Gasteiger partial charge is 0.166 e. The van der Waals surface area contributed by atoms with E-state index < -0.39 is 0 Å². The van der Waals surface area contributed by atoms with Crippen molar-refractivity contribution in [2.24, 2.45) is 11.8 Å². The molecule has 23 heavy (non-hydrogen) atoms. The Kier molecular flexibility index (Phi) is 3.57. The van der Waals surface area contributed by atoms with Gasteiger partial charge in [-0.25, -0.2) is 0 Å². The average Bonchev–Trinajstić information content (AvgIpc) is 3.10. The summed E-state index contributed by atoms with van der Waals surface area (Å²) in [6, 6.07) is 18.3. The highest BCUT2D eigenvalue weighted by Gasteiger charge is 2.53. The van der Waals surface area contributed by atoms with Gasteiger partial charge in [-0.15, -0.1) is 0 Å². The molecule has 1 N–H and O–H groups in total. The summed E-state index contributed by atoms with van der Waals surface area (Å²) in [6.07, 6.45) is 3.90. The van der Waals surface area contributed by atoms with E-state index in [9.17, 15) is 9.90 Å². The van der Waals surface area contributed by atoms with Gasteiger partial charge >= 0.3 is 0 Å². The van der Waals surface area contributed by atoms with Crippen molar-refractivity contribution in [3.05, 3.63) is 71.3 Å². The van der Waals surface area contributed by atoms with Crippen LogP contribution in [0.3, 0.4) is 0 Å². The van der Waals surface area contributed by atoms with Crippen LogP contribution in [-0.2, 0) is 11.8 Å². The molecule has 0 saturated heterocycles. The molecule has 2 nitrogen and oxygen atoms in total. The van der Waals surface area contributed by atoms with Gasteiger partial charge in [-0.2, -0.15) is 0 Å². The maximum atomic E-state index is 12.9. The molecule has 0 bridgehead atoms. The minimum atomic E-state index is -0.326. The number of aliphatic hydroxyl groups excluding tert-OH is 1. The molecule has 2 aromatic carbocycles. The van der Waals surface area contributed by atoms with Crippen LogP contribution in [-0.4, -0.2) is 17.5 Å². The van der Waals surface area contributed by atoms with E-state index in [0.29, 0.717) is 5.78 Å². The van der Waals surface area contributed by atoms with Crippen molar-refractivity contribution in [2.45, 2.75) is 31.1 Å². The highest BCUT2D eigenvalue weighted by Crippen LogP contribution is 2.52. The molecule has 2 heteroatoms. The van der Waals surface area contributed by atoms with Gasteiger partial charge in [0.2, 0.25) is 0 Å². The fourth-order valence-electron chi connectivity index (χ4n) is 4.91. The third-order valence-corrected chi connectivity index (χ3v) is 5.94. The minimum Gasteiger partial charge on any atom is -0.395 e. The third-order valence-electron chi connectivity index (χ3n) is 5.94. The van der Waals surface area contributed by atoms with Gasteiger partial charge in [-0.05, 0) is 36.3 Å². The van der Waals surface area contributed by atoms with Gasteiger partial charge in [0.15, 0.2) is 5.78 Å². The molecule has 0 heterocycles. The van der Waals surface area contributed by atoms with Crippen LogP contribution >= 0.6 is 0 Å². The average molecular weight is 306 g/mol. The first-order chi connectivity index (χ1) is 11.3. The second kappa shape index (κ2) is 5.61. The second-order valence-corrected chi connectivity index (χ2v) is 7.03. The Morgan fingerprint density at radius 2 is 1.74 bits per heavy atom. The van der Waals surface area contributed by atoms with Crippen LogP contribution in [0.15, 0.2) is 54.6 Å². The molecule has 2 aliphatic carbocycles. The highest BCUT2D eigenvalue weighted by atomic mass is 16.3. The van der Waals surface area contributed by atoms with Gasteiger partial charge in [-0.3, -0.25) is 4.79 Å². The number of hydrogen-bond acceptors (Lipinski definition) is 2. The molecule has 2 aliphatic rings. The van der Waals surface area contributed by atoms with Gasteiger partial charge < -0.3 is 5.11 Å². The number of rotatable bonds is 3. The van der Waals surface area contributed by atoms with Crippen molar-refractivity contribution in [2.75, 3.05) is 6.61 Å². The molecule has 0 unspecified atom stereocenters. The second-order valence-electron chi connectivity index (χ2n) is 7.03. The van der Waals surface area contributed by atoms with E-state index in [1.54, 1.807) is 0 Å².